The summed E-state index contributed by atoms with van der Waals surface area (Å²) < 4.78 is 38.2. The van der Waals surface area contributed by atoms with Gasteiger partial charge in [-0.05, 0) is 29.7 Å². The number of carbonyl (C=O) groups excluding carboxylic acids is 1. The van der Waals surface area contributed by atoms with Crippen LogP contribution in [0.1, 0.15) is 39.9 Å². The van der Waals surface area contributed by atoms with Gasteiger partial charge in [0.2, 0.25) is 0 Å². The molecular formula is C14H18F3N3O2. The molecule has 122 valence electrons. The average molecular weight is 317 g/mol. The predicted molar refractivity (Wildman–Crippen MR) is 76.6 cm³/mol. The van der Waals surface area contributed by atoms with Gasteiger partial charge < -0.3 is 16.6 Å². The number of halogens is 3. The Kier molecular flexibility index (Phi) is 5.54. The minimum absolute atomic E-state index is 0.00143. The first-order valence-corrected chi connectivity index (χ1v) is 6.50. The molecular weight excluding hydrogens is 299 g/mol. The van der Waals surface area contributed by atoms with Crippen LogP contribution in [0.2, 0.25) is 0 Å². The van der Waals surface area contributed by atoms with E-state index in [0.29, 0.717) is 11.1 Å². The molecule has 1 aromatic rings. The monoisotopic (exact) mass is 317 g/mol. The Bertz CT molecular complexity index is 594. The third-order valence-electron chi connectivity index (χ3n) is 3.14. The molecule has 1 unspecified atom stereocenters. The maximum atomic E-state index is 12.7. The highest BCUT2D eigenvalue weighted by Gasteiger charge is 2.30. The van der Waals surface area contributed by atoms with Crippen molar-refractivity contribution in [2.75, 3.05) is 6.61 Å². The second-order valence-electron chi connectivity index (χ2n) is 5.08. The summed E-state index contributed by atoms with van der Waals surface area (Å²) in [6.07, 6.45) is -5.63. The zero-order chi connectivity index (χ0) is 17.1. The van der Waals surface area contributed by atoms with E-state index in [4.69, 9.17) is 11.5 Å². The summed E-state index contributed by atoms with van der Waals surface area (Å²) in [4.78, 5) is 15.2. The molecule has 0 saturated carbocycles. The summed E-state index contributed by atoms with van der Waals surface area (Å²) in [6.45, 7) is 2.87. The minimum Gasteiger partial charge on any atom is -0.396 e. The van der Waals surface area contributed by atoms with E-state index >= 15 is 0 Å². The van der Waals surface area contributed by atoms with Crippen LogP contribution in [0, 0.1) is 6.92 Å². The van der Waals surface area contributed by atoms with Gasteiger partial charge in [0.05, 0.1) is 6.42 Å². The standard InChI is InChI=1S/C14H18F3N3O2/c1-7-3-10(8(2)6-21)9(5-14(15,16)17)4-11(7)12(22)20-13(18)19/h3-4,8,21H,5-6H2,1-2H3,(H4,18,19,20,22). The summed E-state index contributed by atoms with van der Waals surface area (Å²) >= 11 is 0. The Morgan fingerprint density at radius 2 is 1.95 bits per heavy atom. The maximum absolute atomic E-state index is 12.7. The minimum atomic E-state index is -4.43. The molecule has 1 atom stereocenters. The fourth-order valence-corrected chi connectivity index (χ4v) is 2.11. The summed E-state index contributed by atoms with van der Waals surface area (Å²) in [5.41, 5.74) is 10.9. The van der Waals surface area contributed by atoms with Crippen LogP contribution in [0.3, 0.4) is 0 Å². The van der Waals surface area contributed by atoms with Crippen molar-refractivity contribution in [2.45, 2.75) is 32.4 Å². The van der Waals surface area contributed by atoms with E-state index in [1.807, 2.05) is 0 Å². The number of carbonyl (C=O) groups is 1. The number of benzene rings is 1. The lowest BCUT2D eigenvalue weighted by atomic mass is 9.90. The number of nitrogens with two attached hydrogens (primary N) is 2. The highest BCUT2D eigenvalue weighted by molar-refractivity contribution is 6.03. The fraction of sp³-hybridized carbons (Fsp3) is 0.429. The van der Waals surface area contributed by atoms with Gasteiger partial charge in [0, 0.05) is 18.1 Å². The Hall–Kier alpha value is -2.09. The lowest BCUT2D eigenvalue weighted by Gasteiger charge is -2.18. The van der Waals surface area contributed by atoms with Crippen molar-refractivity contribution >= 4 is 11.9 Å². The molecule has 1 aromatic carbocycles. The molecule has 0 radical (unpaired) electrons. The largest absolute Gasteiger partial charge is 0.396 e. The van der Waals surface area contributed by atoms with Crippen molar-refractivity contribution in [1.29, 1.82) is 0 Å². The van der Waals surface area contributed by atoms with Crippen molar-refractivity contribution in [2.24, 2.45) is 16.5 Å². The zero-order valence-corrected chi connectivity index (χ0v) is 12.2. The number of aliphatic hydroxyl groups excluding tert-OH is 1. The number of aliphatic hydroxyl groups is 1. The molecule has 0 bridgehead atoms. The number of nitrogens with zero attached hydrogens (tertiary/aromatic N) is 1. The highest BCUT2D eigenvalue weighted by atomic mass is 19.4. The molecule has 0 aliphatic heterocycles. The van der Waals surface area contributed by atoms with Crippen LogP contribution in [0.4, 0.5) is 13.2 Å². The van der Waals surface area contributed by atoms with E-state index in [1.165, 1.54) is 6.07 Å². The first kappa shape index (κ1) is 18.0. The van der Waals surface area contributed by atoms with Gasteiger partial charge >= 0.3 is 6.18 Å². The second kappa shape index (κ2) is 6.78. The quantitative estimate of drug-likeness (QED) is 0.580. The van der Waals surface area contributed by atoms with Crippen molar-refractivity contribution in [3.05, 3.63) is 34.4 Å². The molecule has 0 spiro atoms. The smallest absolute Gasteiger partial charge is 0.393 e. The third-order valence-corrected chi connectivity index (χ3v) is 3.14. The molecule has 22 heavy (non-hydrogen) atoms. The molecule has 0 aliphatic rings. The lowest BCUT2D eigenvalue weighted by molar-refractivity contribution is -0.127. The molecule has 0 aliphatic carbocycles. The van der Waals surface area contributed by atoms with Gasteiger partial charge in [0.1, 0.15) is 0 Å². The van der Waals surface area contributed by atoms with Crippen LogP contribution < -0.4 is 11.5 Å². The van der Waals surface area contributed by atoms with E-state index < -0.39 is 30.4 Å². The Labute approximate surface area is 125 Å². The van der Waals surface area contributed by atoms with Gasteiger partial charge in [-0.25, -0.2) is 0 Å². The lowest BCUT2D eigenvalue weighted by Crippen LogP contribution is -2.24. The van der Waals surface area contributed by atoms with Gasteiger partial charge in [-0.2, -0.15) is 18.2 Å². The molecule has 5 N–H and O–H groups in total. The fourth-order valence-electron chi connectivity index (χ4n) is 2.11. The van der Waals surface area contributed by atoms with Crippen LogP contribution in [-0.4, -0.2) is 29.8 Å². The number of hydrogen-bond donors (Lipinski definition) is 3. The van der Waals surface area contributed by atoms with Gasteiger partial charge in [-0.1, -0.05) is 13.0 Å². The van der Waals surface area contributed by atoms with Crippen molar-refractivity contribution in [1.82, 2.24) is 0 Å². The van der Waals surface area contributed by atoms with Gasteiger partial charge in [0.15, 0.2) is 5.96 Å². The number of amides is 1. The van der Waals surface area contributed by atoms with Crippen molar-refractivity contribution in [3.8, 4) is 0 Å². The molecule has 1 rings (SSSR count). The van der Waals surface area contributed by atoms with E-state index in [2.05, 4.69) is 4.99 Å². The summed E-state index contributed by atoms with van der Waals surface area (Å²) in [6, 6.07) is 2.59. The third kappa shape index (κ3) is 4.73. The topological polar surface area (TPSA) is 102 Å². The second-order valence-corrected chi connectivity index (χ2v) is 5.08. The molecule has 8 heteroatoms. The van der Waals surface area contributed by atoms with Gasteiger partial charge in [-0.15, -0.1) is 0 Å². The summed E-state index contributed by atoms with van der Waals surface area (Å²) in [5, 5.41) is 9.20. The van der Waals surface area contributed by atoms with Crippen LogP contribution in [0.15, 0.2) is 17.1 Å². The Balaban J connectivity index is 3.42. The zero-order valence-electron chi connectivity index (χ0n) is 12.2. The van der Waals surface area contributed by atoms with E-state index in [-0.39, 0.29) is 17.7 Å². The number of aliphatic imine (C=N–C) groups is 1. The average Bonchev–Trinajstić information content (AvgIpc) is 2.36. The van der Waals surface area contributed by atoms with Gasteiger partial charge in [0.25, 0.3) is 5.91 Å². The molecule has 0 fully saturated rings. The number of hydrogen-bond acceptors (Lipinski definition) is 2. The molecule has 5 nitrogen and oxygen atoms in total. The maximum Gasteiger partial charge on any atom is 0.393 e. The van der Waals surface area contributed by atoms with Crippen LogP contribution in [-0.2, 0) is 6.42 Å². The normalized spacial score (nSPS) is 12.8. The van der Waals surface area contributed by atoms with Crippen LogP contribution in [0.25, 0.3) is 0 Å². The van der Waals surface area contributed by atoms with Crippen LogP contribution in [0.5, 0.6) is 0 Å². The first-order valence-electron chi connectivity index (χ1n) is 6.50. The summed E-state index contributed by atoms with van der Waals surface area (Å²) in [5.74, 6) is -1.75. The molecule has 1 amide bonds. The number of alkyl halides is 3. The predicted octanol–water partition coefficient (Wildman–Crippen LogP) is 1.61. The highest BCUT2D eigenvalue weighted by Crippen LogP contribution is 2.30. The SMILES string of the molecule is Cc1cc(C(C)CO)c(CC(F)(F)F)cc1C(=O)N=C(N)N. The van der Waals surface area contributed by atoms with E-state index in [9.17, 15) is 23.1 Å². The number of guanidine groups is 1. The van der Waals surface area contributed by atoms with Crippen LogP contribution >= 0.6 is 0 Å². The molecule has 0 heterocycles. The first-order chi connectivity index (χ1) is 10.0. The van der Waals surface area contributed by atoms with E-state index in [0.717, 1.165) is 6.07 Å². The van der Waals surface area contributed by atoms with E-state index in [1.54, 1.807) is 13.8 Å². The summed E-state index contributed by atoms with van der Waals surface area (Å²) in [7, 11) is 0. The van der Waals surface area contributed by atoms with Gasteiger partial charge in [-0.3, -0.25) is 4.79 Å². The number of rotatable bonds is 4. The number of aryl methyl sites for hydroxylation is 1. The Morgan fingerprint density at radius 3 is 2.41 bits per heavy atom. The molecule has 0 saturated heterocycles. The van der Waals surface area contributed by atoms with Crippen molar-refractivity contribution < 1.29 is 23.1 Å². The molecule has 0 aromatic heterocycles. The van der Waals surface area contributed by atoms with Crippen molar-refractivity contribution in [3.63, 3.8) is 0 Å². The Morgan fingerprint density at radius 1 is 1.36 bits per heavy atom.